The van der Waals surface area contributed by atoms with E-state index in [1.54, 1.807) is 11.3 Å². The van der Waals surface area contributed by atoms with Crippen molar-refractivity contribution < 1.29 is 4.39 Å². The Morgan fingerprint density at radius 1 is 0.848 bits per heavy atom. The minimum Gasteiger partial charge on any atom is -0.371 e. The third-order valence-corrected chi connectivity index (χ3v) is 12.0. The number of aromatic nitrogens is 3. The number of para-hydroxylation sites is 1. The van der Waals surface area contributed by atoms with Gasteiger partial charge in [0.1, 0.15) is 22.5 Å². The number of fused-ring (bicyclic) bond motifs is 3. The lowest BCUT2D eigenvalue weighted by molar-refractivity contribution is 0.0261. The van der Waals surface area contributed by atoms with Crippen LogP contribution in [-0.4, -0.2) is 76.9 Å². The molecule has 0 aliphatic carbocycles. The van der Waals surface area contributed by atoms with Crippen molar-refractivity contribution >= 4 is 28.4 Å². The van der Waals surface area contributed by atoms with Crippen LogP contribution in [0.2, 0.25) is 0 Å². The monoisotopic (exact) mass is 637 g/mol. The Kier molecular flexibility index (Phi) is 7.52. The summed E-state index contributed by atoms with van der Waals surface area (Å²) in [6.45, 7) is 15.5. The lowest BCUT2D eigenvalue weighted by Crippen LogP contribution is -2.54. The molecule has 4 aliphatic rings. The number of anilines is 2. The van der Waals surface area contributed by atoms with Crippen molar-refractivity contribution in [3.05, 3.63) is 87.8 Å². The number of halogens is 1. The number of thiophene rings is 1. The summed E-state index contributed by atoms with van der Waals surface area (Å²) in [7, 11) is 0. The van der Waals surface area contributed by atoms with Crippen LogP contribution in [0.4, 0.5) is 15.8 Å². The van der Waals surface area contributed by atoms with Crippen molar-refractivity contribution in [2.75, 3.05) is 55.6 Å². The zero-order chi connectivity index (χ0) is 31.6. The summed E-state index contributed by atoms with van der Waals surface area (Å²) in [5, 5.41) is 10.0. The highest BCUT2D eigenvalue weighted by atomic mass is 32.1. The first-order valence-corrected chi connectivity index (χ1v) is 17.7. The minimum atomic E-state index is -0.992. The zero-order valence-corrected chi connectivity index (χ0v) is 28.2. The fourth-order valence-corrected chi connectivity index (χ4v) is 9.19. The number of aryl methyl sites for hydroxylation is 2. The van der Waals surface area contributed by atoms with Gasteiger partial charge in [0.2, 0.25) is 0 Å². The molecule has 3 saturated heterocycles. The topological polar surface area (TPSA) is 52.8 Å². The predicted octanol–water partition coefficient (Wildman–Crippen LogP) is 6.93. The summed E-state index contributed by atoms with van der Waals surface area (Å²) in [6, 6.07) is 19.4. The van der Waals surface area contributed by atoms with Crippen molar-refractivity contribution in [1.82, 2.24) is 19.7 Å². The third-order valence-electron chi connectivity index (χ3n) is 10.8. The Balaban J connectivity index is 0.848. The Bertz CT molecular complexity index is 1740. The first-order valence-electron chi connectivity index (χ1n) is 16.9. The average Bonchev–Trinajstić information content (AvgIpc) is 3.51. The predicted molar refractivity (Wildman–Crippen MR) is 186 cm³/mol. The lowest BCUT2D eigenvalue weighted by atomic mass is 9.81. The van der Waals surface area contributed by atoms with Gasteiger partial charge in [-0.25, -0.2) is 4.39 Å². The van der Waals surface area contributed by atoms with Gasteiger partial charge in [-0.1, -0.05) is 30.3 Å². The SMILES string of the molecule is Cc1sc2c(c1C)C(c1ccc(N3CC(CN4CCC(F)(CC5CN(c6ccccc6)C5)CC4)C3)cc1)=N[C@@H](C)c1nnc(C)n1-2. The molecule has 9 heteroatoms. The van der Waals surface area contributed by atoms with Crippen molar-refractivity contribution in [1.29, 1.82) is 0 Å². The van der Waals surface area contributed by atoms with E-state index in [1.165, 1.54) is 32.4 Å². The number of benzene rings is 2. The molecule has 4 aromatic rings. The van der Waals surface area contributed by atoms with Gasteiger partial charge in [0, 0.05) is 79.1 Å². The molecule has 2 aromatic carbocycles. The largest absolute Gasteiger partial charge is 0.371 e. The van der Waals surface area contributed by atoms with Crippen LogP contribution in [0, 0.1) is 32.6 Å². The van der Waals surface area contributed by atoms with Gasteiger partial charge in [0.15, 0.2) is 5.82 Å². The van der Waals surface area contributed by atoms with Crippen molar-refractivity contribution in [2.45, 2.75) is 58.7 Å². The Morgan fingerprint density at radius 2 is 1.50 bits per heavy atom. The van der Waals surface area contributed by atoms with Crippen LogP contribution >= 0.6 is 11.3 Å². The highest BCUT2D eigenvalue weighted by Crippen LogP contribution is 2.40. The molecule has 0 unspecified atom stereocenters. The van der Waals surface area contributed by atoms with Gasteiger partial charge in [-0.3, -0.25) is 9.56 Å². The van der Waals surface area contributed by atoms with E-state index in [4.69, 9.17) is 4.99 Å². The average molecular weight is 638 g/mol. The molecule has 4 aliphatic heterocycles. The second kappa shape index (κ2) is 11.6. The molecule has 46 heavy (non-hydrogen) atoms. The van der Waals surface area contributed by atoms with E-state index in [-0.39, 0.29) is 6.04 Å². The Hall–Kier alpha value is -3.56. The summed E-state index contributed by atoms with van der Waals surface area (Å²) in [4.78, 5) is 13.9. The molecule has 0 amide bonds. The number of rotatable bonds is 7. The molecular formula is C37H44FN7S. The quantitative estimate of drug-likeness (QED) is 0.220. The second-order valence-corrected chi connectivity index (χ2v) is 15.3. The maximum Gasteiger partial charge on any atom is 0.162 e. The third kappa shape index (κ3) is 5.35. The number of hydrogen-bond donors (Lipinski definition) is 0. The first kappa shape index (κ1) is 29.8. The molecule has 0 radical (unpaired) electrons. The number of piperidine rings is 1. The van der Waals surface area contributed by atoms with Crippen LogP contribution in [0.15, 0.2) is 59.6 Å². The summed E-state index contributed by atoms with van der Waals surface area (Å²) < 4.78 is 18.0. The van der Waals surface area contributed by atoms with Gasteiger partial charge >= 0.3 is 0 Å². The lowest BCUT2D eigenvalue weighted by Gasteiger charge is -2.47. The van der Waals surface area contributed by atoms with E-state index >= 15 is 4.39 Å². The molecular weight excluding hydrogens is 594 g/mol. The normalized spacial score (nSPS) is 21.7. The zero-order valence-electron chi connectivity index (χ0n) is 27.4. The number of likely N-dealkylation sites (tertiary alicyclic amines) is 1. The van der Waals surface area contributed by atoms with Crippen molar-refractivity contribution in [2.24, 2.45) is 16.8 Å². The molecule has 3 fully saturated rings. The fraction of sp³-hybridized carbons (Fsp3) is 0.486. The smallest absolute Gasteiger partial charge is 0.162 e. The number of alkyl halides is 1. The molecule has 1 atom stereocenters. The second-order valence-electron chi connectivity index (χ2n) is 14.1. The molecule has 240 valence electrons. The van der Waals surface area contributed by atoms with Crippen LogP contribution in [-0.2, 0) is 0 Å². The van der Waals surface area contributed by atoms with Crippen LogP contribution < -0.4 is 9.80 Å². The molecule has 0 spiro atoms. The van der Waals surface area contributed by atoms with Crippen LogP contribution in [0.1, 0.15) is 65.4 Å². The molecule has 6 heterocycles. The number of nitrogens with zero attached hydrogens (tertiary/aromatic N) is 7. The Labute approximate surface area is 275 Å². The summed E-state index contributed by atoms with van der Waals surface area (Å²) in [5.41, 5.74) is 6.20. The van der Waals surface area contributed by atoms with Crippen LogP contribution in [0.5, 0.6) is 0 Å². The van der Waals surface area contributed by atoms with E-state index < -0.39 is 5.67 Å². The molecule has 0 N–H and O–H groups in total. The summed E-state index contributed by atoms with van der Waals surface area (Å²) >= 11 is 1.80. The maximum atomic E-state index is 15.8. The molecule has 7 nitrogen and oxygen atoms in total. The first-order chi connectivity index (χ1) is 22.2. The van der Waals surface area contributed by atoms with Crippen molar-refractivity contribution in [3.8, 4) is 5.00 Å². The van der Waals surface area contributed by atoms with Gasteiger partial charge < -0.3 is 14.7 Å². The van der Waals surface area contributed by atoms with Gasteiger partial charge in [0.05, 0.1) is 5.71 Å². The molecule has 2 aromatic heterocycles. The standard InChI is InChI=1S/C37H44FN7S/c1-24-26(3)46-36-33(24)34(39-25(2)35-41-40-27(4)45(35)36)30-10-12-32(13-11-30)44-22-29(23-44)19-42-16-14-37(38,15-17-42)18-28-20-43(21-28)31-8-6-5-7-9-31/h5-13,25,28-29H,14-23H2,1-4H3/t25-/m0/s1. The van der Waals surface area contributed by atoms with Gasteiger partial charge in [-0.2, -0.15) is 0 Å². The van der Waals surface area contributed by atoms with Gasteiger partial charge in [-0.15, -0.1) is 21.5 Å². The maximum absolute atomic E-state index is 15.8. The van der Waals surface area contributed by atoms with Gasteiger partial charge in [0.25, 0.3) is 0 Å². The molecule has 8 rings (SSSR count). The number of aliphatic imine (C=N–C) groups is 1. The number of hydrogen-bond acceptors (Lipinski definition) is 7. The fourth-order valence-electron chi connectivity index (χ4n) is 7.98. The minimum absolute atomic E-state index is 0.0770. The van der Waals surface area contributed by atoms with Gasteiger partial charge in [-0.05, 0) is 82.7 Å². The highest BCUT2D eigenvalue weighted by Gasteiger charge is 2.41. The van der Waals surface area contributed by atoms with E-state index in [1.807, 2.05) is 6.92 Å². The molecule has 0 saturated carbocycles. The van der Waals surface area contributed by atoms with E-state index in [0.717, 1.165) is 75.2 Å². The van der Waals surface area contributed by atoms with Crippen molar-refractivity contribution in [3.63, 3.8) is 0 Å². The van der Waals surface area contributed by atoms with Crippen LogP contribution in [0.25, 0.3) is 5.00 Å². The molecule has 0 bridgehead atoms. The van der Waals surface area contributed by atoms with E-state index in [0.29, 0.717) is 24.7 Å². The summed E-state index contributed by atoms with van der Waals surface area (Å²) in [5.74, 6) is 2.93. The van der Waals surface area contributed by atoms with E-state index in [9.17, 15) is 0 Å². The van der Waals surface area contributed by atoms with Crippen LogP contribution in [0.3, 0.4) is 0 Å². The Morgan fingerprint density at radius 3 is 2.20 bits per heavy atom. The summed E-state index contributed by atoms with van der Waals surface area (Å²) in [6.07, 6.45) is 2.08. The van der Waals surface area contributed by atoms with E-state index in [2.05, 4.69) is 105 Å². The highest BCUT2D eigenvalue weighted by molar-refractivity contribution is 7.15.